The molecule has 4 heteroatoms. The van der Waals surface area contributed by atoms with Gasteiger partial charge < -0.3 is 24.0 Å². The molecule has 1 heterocycles. The molecule has 0 fully saturated rings. The Hall–Kier alpha value is -0.150. The van der Waals surface area contributed by atoms with Crippen LogP contribution in [0.3, 0.4) is 0 Å². The summed E-state index contributed by atoms with van der Waals surface area (Å²) in [6, 6.07) is 2.11. The summed E-state index contributed by atoms with van der Waals surface area (Å²) in [5.41, 5.74) is 1.27. The third-order valence-corrected chi connectivity index (χ3v) is 2.20. The maximum absolute atomic E-state index is 8.28. The second-order valence-corrected chi connectivity index (χ2v) is 3.06. The highest BCUT2D eigenvalue weighted by Gasteiger charge is 2.01. The van der Waals surface area contributed by atoms with Gasteiger partial charge in [0.15, 0.2) is 12.7 Å². The van der Waals surface area contributed by atoms with Crippen molar-refractivity contribution in [2.24, 2.45) is 0 Å². The predicted octanol–water partition coefficient (Wildman–Crippen LogP) is -1.74. The van der Waals surface area contributed by atoms with Crippen molar-refractivity contribution in [3.63, 3.8) is 0 Å². The number of aryl methyl sites for hydroxylation is 2. The van der Waals surface area contributed by atoms with E-state index in [0.29, 0.717) is 6.42 Å². The van der Waals surface area contributed by atoms with Gasteiger partial charge in [0.05, 0.1) is 17.9 Å². The molecule has 0 unspecified atom stereocenters. The number of aromatic nitrogens is 1. The first kappa shape index (κ1) is 10.8. The Morgan fingerprint density at radius 3 is 2.91 bits per heavy atom. The summed E-state index contributed by atoms with van der Waals surface area (Å²) in [6.45, 7) is 2.88. The number of nitriles is 1. The van der Waals surface area contributed by atoms with Crippen LogP contribution in [-0.2, 0) is 6.54 Å². The van der Waals surface area contributed by atoms with Crippen molar-refractivity contribution in [2.75, 3.05) is 0 Å². The number of nitrogens with zero attached hydrogens (tertiary/aromatic N) is 2. The molecule has 0 saturated carbocycles. The van der Waals surface area contributed by atoms with Gasteiger partial charge in [-0.25, -0.2) is 0 Å². The first-order valence-electron chi connectivity index (χ1n) is 3.15. The van der Waals surface area contributed by atoms with Crippen LogP contribution in [0.1, 0.15) is 12.0 Å². The molecule has 1 rings (SSSR count). The highest BCUT2D eigenvalue weighted by atomic mass is 127. The SMILES string of the molecule is Cc1cs[n+](CCC#N)c1.[I-]. The van der Waals surface area contributed by atoms with E-state index in [1.165, 1.54) is 5.56 Å². The van der Waals surface area contributed by atoms with Gasteiger partial charge in [-0.1, -0.05) is 0 Å². The fraction of sp³-hybridized carbons (Fsp3) is 0.429. The van der Waals surface area contributed by atoms with E-state index in [1.54, 1.807) is 11.5 Å². The van der Waals surface area contributed by atoms with Crippen LogP contribution in [0, 0.1) is 18.3 Å². The summed E-state index contributed by atoms with van der Waals surface area (Å²) in [7, 11) is 0. The molecule has 0 aliphatic heterocycles. The molecular weight excluding hydrogens is 271 g/mol. The van der Waals surface area contributed by atoms with E-state index in [1.807, 2.05) is 0 Å². The first-order chi connectivity index (χ1) is 4.83. The molecule has 1 aromatic heterocycles. The normalized spacial score (nSPS) is 8.36. The summed E-state index contributed by atoms with van der Waals surface area (Å²) in [4.78, 5) is 0. The molecule has 0 radical (unpaired) electrons. The fourth-order valence-corrected chi connectivity index (χ4v) is 1.50. The number of hydrogen-bond donors (Lipinski definition) is 0. The van der Waals surface area contributed by atoms with Crippen LogP contribution in [-0.4, -0.2) is 0 Å². The molecular formula is C7H9IN2S. The molecule has 0 atom stereocenters. The Balaban J connectivity index is 0.000001000. The van der Waals surface area contributed by atoms with Crippen LogP contribution >= 0.6 is 11.5 Å². The number of hydrogen-bond acceptors (Lipinski definition) is 2. The Bertz CT molecular complexity index is 251. The molecule has 2 nitrogen and oxygen atoms in total. The number of halogens is 1. The molecule has 0 aliphatic rings. The average molecular weight is 280 g/mol. The fourth-order valence-electron chi connectivity index (χ4n) is 0.716. The van der Waals surface area contributed by atoms with Crippen molar-refractivity contribution >= 4 is 11.5 Å². The third-order valence-electron chi connectivity index (χ3n) is 1.17. The lowest BCUT2D eigenvalue weighted by molar-refractivity contribution is -0.628. The predicted molar refractivity (Wildman–Crippen MR) is 39.5 cm³/mol. The molecule has 11 heavy (non-hydrogen) atoms. The van der Waals surface area contributed by atoms with Gasteiger partial charge in [-0.05, 0) is 6.92 Å². The Morgan fingerprint density at radius 1 is 1.73 bits per heavy atom. The minimum absolute atomic E-state index is 0. The first-order valence-corrected chi connectivity index (χ1v) is 3.98. The smallest absolute Gasteiger partial charge is 0.187 e. The summed E-state index contributed by atoms with van der Waals surface area (Å²) >= 11 is 1.66. The van der Waals surface area contributed by atoms with Crippen molar-refractivity contribution in [1.29, 1.82) is 5.26 Å². The van der Waals surface area contributed by atoms with Crippen molar-refractivity contribution in [1.82, 2.24) is 0 Å². The van der Waals surface area contributed by atoms with Gasteiger partial charge in [0.1, 0.15) is 11.5 Å². The highest BCUT2D eigenvalue weighted by molar-refractivity contribution is 6.99. The largest absolute Gasteiger partial charge is 1.00 e. The summed E-state index contributed by atoms with van der Waals surface area (Å²) < 4.78 is 2.07. The van der Waals surface area contributed by atoms with Gasteiger partial charge in [0, 0.05) is 5.56 Å². The Labute approximate surface area is 87.6 Å². The van der Waals surface area contributed by atoms with Crippen molar-refractivity contribution in [2.45, 2.75) is 19.9 Å². The van der Waals surface area contributed by atoms with Crippen LogP contribution in [0.5, 0.6) is 0 Å². The molecule has 0 amide bonds. The summed E-state index contributed by atoms with van der Waals surface area (Å²) in [6.07, 6.45) is 2.66. The van der Waals surface area contributed by atoms with Gasteiger partial charge in [0.25, 0.3) is 0 Å². The molecule has 0 bridgehead atoms. The van der Waals surface area contributed by atoms with Gasteiger partial charge in [0.2, 0.25) is 0 Å². The quantitative estimate of drug-likeness (QED) is 0.467. The van der Waals surface area contributed by atoms with Crippen LogP contribution in [0.25, 0.3) is 0 Å². The van der Waals surface area contributed by atoms with Crippen LogP contribution in [0.2, 0.25) is 0 Å². The maximum atomic E-state index is 8.28. The van der Waals surface area contributed by atoms with E-state index in [2.05, 4.69) is 28.5 Å². The second-order valence-electron chi connectivity index (χ2n) is 2.15. The monoisotopic (exact) mass is 280 g/mol. The van der Waals surface area contributed by atoms with Crippen molar-refractivity contribution in [3.8, 4) is 6.07 Å². The van der Waals surface area contributed by atoms with Gasteiger partial charge in [-0.3, -0.25) is 0 Å². The maximum Gasteiger partial charge on any atom is 0.187 e. The number of rotatable bonds is 2. The van der Waals surface area contributed by atoms with Crippen LogP contribution in [0.4, 0.5) is 0 Å². The zero-order chi connectivity index (χ0) is 7.40. The molecule has 1 aromatic rings. The molecule has 0 N–H and O–H groups in total. The lowest BCUT2D eigenvalue weighted by Crippen LogP contribution is -3.00. The van der Waals surface area contributed by atoms with Crippen LogP contribution in [0.15, 0.2) is 11.6 Å². The van der Waals surface area contributed by atoms with Crippen molar-refractivity contribution in [3.05, 3.63) is 17.1 Å². The van der Waals surface area contributed by atoms with E-state index < -0.39 is 0 Å². The molecule has 60 valence electrons. The lowest BCUT2D eigenvalue weighted by Gasteiger charge is -1.79. The zero-order valence-corrected chi connectivity index (χ0v) is 9.22. The van der Waals surface area contributed by atoms with Gasteiger partial charge in [-0.15, -0.1) is 3.96 Å². The second kappa shape index (κ2) is 5.49. The zero-order valence-electron chi connectivity index (χ0n) is 6.25. The van der Waals surface area contributed by atoms with E-state index in [0.717, 1.165) is 6.54 Å². The topological polar surface area (TPSA) is 27.7 Å². The van der Waals surface area contributed by atoms with E-state index >= 15 is 0 Å². The van der Waals surface area contributed by atoms with E-state index in [-0.39, 0.29) is 24.0 Å². The van der Waals surface area contributed by atoms with E-state index in [9.17, 15) is 0 Å². The highest BCUT2D eigenvalue weighted by Crippen LogP contribution is 1.96. The minimum Gasteiger partial charge on any atom is -1.00 e. The van der Waals surface area contributed by atoms with E-state index in [4.69, 9.17) is 5.26 Å². The average Bonchev–Trinajstić information content (AvgIpc) is 2.31. The molecule has 0 spiro atoms. The van der Waals surface area contributed by atoms with Crippen molar-refractivity contribution < 1.29 is 27.9 Å². The Morgan fingerprint density at radius 2 is 2.45 bits per heavy atom. The standard InChI is InChI=1S/C7H9N2S.HI/c1-7-5-9(10-6-7)4-2-3-8;/h5-6H,2,4H2,1H3;1H/q+1;/p-1. The molecule has 0 saturated heterocycles. The third kappa shape index (κ3) is 3.68. The van der Waals surface area contributed by atoms with Gasteiger partial charge in [-0.2, -0.15) is 5.26 Å². The molecule has 0 aromatic carbocycles. The summed E-state index contributed by atoms with van der Waals surface area (Å²) in [5.74, 6) is 0. The van der Waals surface area contributed by atoms with Gasteiger partial charge >= 0.3 is 0 Å². The molecule has 0 aliphatic carbocycles. The lowest BCUT2D eigenvalue weighted by atomic mass is 10.4. The van der Waals surface area contributed by atoms with Crippen LogP contribution < -0.4 is 27.9 Å². The summed E-state index contributed by atoms with van der Waals surface area (Å²) in [5, 5.41) is 10.4. The minimum atomic E-state index is 0. The Kier molecular flexibility index (Phi) is 5.42.